The Kier molecular flexibility index (Phi) is 1.38. The monoisotopic (exact) mass is 162 g/mol. The van der Waals surface area contributed by atoms with E-state index in [1.165, 1.54) is 0 Å². The van der Waals surface area contributed by atoms with Gasteiger partial charge in [-0.25, -0.2) is 0 Å². The highest BCUT2D eigenvalue weighted by molar-refractivity contribution is 5.48. The van der Waals surface area contributed by atoms with Crippen LogP contribution in [0.4, 0.5) is 0 Å². The van der Waals surface area contributed by atoms with Gasteiger partial charge in [-0.1, -0.05) is 17.4 Å². The average molecular weight is 162 g/mol. The van der Waals surface area contributed by atoms with Gasteiger partial charge in [0.25, 0.3) is 0 Å². The van der Waals surface area contributed by atoms with E-state index in [0.29, 0.717) is 0 Å². The topological polar surface area (TPSA) is 67.6 Å². The smallest absolute Gasteiger partial charge is 0.111 e. The maximum atomic E-state index is 5.91. The molecule has 1 atom stereocenters. The molecule has 0 saturated carbocycles. The molecular formula is C8H10N4. The van der Waals surface area contributed by atoms with Crippen molar-refractivity contribution in [1.82, 2.24) is 15.4 Å². The Labute approximate surface area is 69.5 Å². The molecule has 1 aliphatic carbocycles. The van der Waals surface area contributed by atoms with Gasteiger partial charge in [-0.2, -0.15) is 0 Å². The summed E-state index contributed by atoms with van der Waals surface area (Å²) < 4.78 is 0. The van der Waals surface area contributed by atoms with Crippen LogP contribution in [0, 0.1) is 0 Å². The first kappa shape index (κ1) is 7.24. The average Bonchev–Trinajstić information content (AvgIpc) is 2.31. The number of hydrogen-bond acceptors (Lipinski definition) is 3. The minimum atomic E-state index is -0.432. The van der Waals surface area contributed by atoms with Gasteiger partial charge < -0.3 is 5.73 Å². The highest BCUT2D eigenvalue weighted by Gasteiger charge is 2.11. The molecule has 0 amide bonds. The number of fused-ring (bicyclic) bond motifs is 1. The van der Waals surface area contributed by atoms with Crippen molar-refractivity contribution in [3.8, 4) is 0 Å². The Morgan fingerprint density at radius 2 is 2.42 bits per heavy atom. The van der Waals surface area contributed by atoms with Crippen molar-refractivity contribution in [2.24, 2.45) is 5.73 Å². The Bertz CT molecular complexity index is 424. The van der Waals surface area contributed by atoms with Crippen molar-refractivity contribution < 1.29 is 0 Å². The third kappa shape index (κ3) is 1.16. The number of aromatic amines is 1. The van der Waals surface area contributed by atoms with Gasteiger partial charge in [-0.15, -0.1) is 5.10 Å². The Hall–Kier alpha value is -1.42. The maximum Gasteiger partial charge on any atom is 0.111 e. The number of H-pyrrole nitrogens is 1. The van der Waals surface area contributed by atoms with Gasteiger partial charge in [0.2, 0.25) is 0 Å². The molecule has 1 heterocycles. The minimum Gasteiger partial charge on any atom is -0.319 e. The number of hydrogen-bond donors (Lipinski definition) is 2. The lowest BCUT2D eigenvalue weighted by Gasteiger charge is -2.12. The van der Waals surface area contributed by atoms with E-state index < -0.39 is 5.54 Å². The zero-order valence-corrected chi connectivity index (χ0v) is 6.78. The molecule has 0 spiro atoms. The van der Waals surface area contributed by atoms with Gasteiger partial charge in [-0.05, 0) is 19.1 Å². The van der Waals surface area contributed by atoms with Crippen LogP contribution in [0.5, 0.6) is 0 Å². The lowest BCUT2D eigenvalue weighted by Crippen LogP contribution is -2.35. The van der Waals surface area contributed by atoms with Gasteiger partial charge in [0.15, 0.2) is 0 Å². The SMILES string of the molecule is CC1(N)C=CC=c2[nH]nnc2=C1. The summed E-state index contributed by atoms with van der Waals surface area (Å²) in [6.07, 6.45) is 7.61. The fourth-order valence-corrected chi connectivity index (χ4v) is 1.17. The van der Waals surface area contributed by atoms with E-state index in [1.54, 1.807) is 0 Å². The number of nitrogens with zero attached hydrogens (tertiary/aromatic N) is 2. The molecule has 4 nitrogen and oxygen atoms in total. The normalized spacial score (nSPS) is 26.8. The van der Waals surface area contributed by atoms with E-state index >= 15 is 0 Å². The number of rotatable bonds is 0. The van der Waals surface area contributed by atoms with E-state index in [9.17, 15) is 0 Å². The predicted molar refractivity (Wildman–Crippen MR) is 46.3 cm³/mol. The van der Waals surface area contributed by atoms with Crippen LogP contribution < -0.4 is 16.4 Å². The van der Waals surface area contributed by atoms with Crippen molar-refractivity contribution in [2.75, 3.05) is 0 Å². The lowest BCUT2D eigenvalue weighted by atomic mass is 10.0. The molecule has 4 heteroatoms. The fourth-order valence-electron chi connectivity index (χ4n) is 1.17. The van der Waals surface area contributed by atoms with Crippen LogP contribution in [-0.2, 0) is 0 Å². The zero-order valence-electron chi connectivity index (χ0n) is 6.78. The minimum absolute atomic E-state index is 0.432. The molecule has 1 aliphatic rings. The Morgan fingerprint density at radius 1 is 1.58 bits per heavy atom. The fraction of sp³-hybridized carbons (Fsp3) is 0.250. The molecule has 0 bridgehead atoms. The Morgan fingerprint density at radius 3 is 3.25 bits per heavy atom. The Balaban J connectivity index is 2.75. The molecule has 1 aromatic rings. The molecule has 1 unspecified atom stereocenters. The summed E-state index contributed by atoms with van der Waals surface area (Å²) in [6.45, 7) is 1.92. The molecule has 62 valence electrons. The van der Waals surface area contributed by atoms with E-state index in [2.05, 4.69) is 15.4 Å². The first-order valence-corrected chi connectivity index (χ1v) is 3.76. The summed E-state index contributed by atoms with van der Waals surface area (Å²) in [5, 5.41) is 12.1. The van der Waals surface area contributed by atoms with E-state index in [1.807, 2.05) is 31.2 Å². The van der Waals surface area contributed by atoms with Crippen LogP contribution in [0.1, 0.15) is 6.92 Å². The van der Waals surface area contributed by atoms with Crippen LogP contribution >= 0.6 is 0 Å². The highest BCUT2D eigenvalue weighted by Crippen LogP contribution is 2.03. The van der Waals surface area contributed by atoms with Gasteiger partial charge in [0.1, 0.15) is 5.35 Å². The lowest BCUT2D eigenvalue weighted by molar-refractivity contribution is 0.774. The molecule has 0 saturated heterocycles. The molecule has 0 aromatic carbocycles. The number of nitrogens with one attached hydrogen (secondary N) is 1. The van der Waals surface area contributed by atoms with Gasteiger partial charge >= 0.3 is 0 Å². The second kappa shape index (κ2) is 2.28. The first-order chi connectivity index (χ1) is 5.67. The van der Waals surface area contributed by atoms with E-state index in [4.69, 9.17) is 5.73 Å². The summed E-state index contributed by atoms with van der Waals surface area (Å²) in [6, 6.07) is 0. The van der Waals surface area contributed by atoms with Crippen LogP contribution in [0.25, 0.3) is 12.2 Å². The third-order valence-electron chi connectivity index (χ3n) is 1.77. The standard InChI is InChI=1S/C8H10N4/c1-8(9)4-2-3-6-7(5-8)11-12-10-6/h2-5H,9H2,1H3,(H,10,11). The molecule has 12 heavy (non-hydrogen) atoms. The molecule has 0 radical (unpaired) electrons. The molecule has 1 aromatic heterocycles. The number of aromatic nitrogens is 3. The van der Waals surface area contributed by atoms with Crippen LogP contribution in [-0.4, -0.2) is 20.9 Å². The number of nitrogens with two attached hydrogens (primary N) is 1. The predicted octanol–water partition coefficient (Wildman–Crippen LogP) is -1.35. The maximum absolute atomic E-state index is 5.91. The van der Waals surface area contributed by atoms with Crippen molar-refractivity contribution in [1.29, 1.82) is 0 Å². The van der Waals surface area contributed by atoms with E-state index in [-0.39, 0.29) is 0 Å². The van der Waals surface area contributed by atoms with Crippen molar-refractivity contribution >= 4 is 12.2 Å². The summed E-state index contributed by atoms with van der Waals surface area (Å²) in [4.78, 5) is 0. The van der Waals surface area contributed by atoms with Crippen LogP contribution in [0.2, 0.25) is 0 Å². The molecule has 2 rings (SSSR count). The zero-order chi connectivity index (χ0) is 8.60. The van der Waals surface area contributed by atoms with Crippen molar-refractivity contribution in [2.45, 2.75) is 12.5 Å². The largest absolute Gasteiger partial charge is 0.319 e. The summed E-state index contributed by atoms with van der Waals surface area (Å²) in [5.74, 6) is 0. The second-order valence-electron chi connectivity index (χ2n) is 3.15. The second-order valence-corrected chi connectivity index (χ2v) is 3.15. The molecule has 3 N–H and O–H groups in total. The van der Waals surface area contributed by atoms with E-state index in [0.717, 1.165) is 10.7 Å². The number of allylic oxidation sites excluding steroid dienone is 1. The van der Waals surface area contributed by atoms with Crippen molar-refractivity contribution in [3.63, 3.8) is 0 Å². The van der Waals surface area contributed by atoms with Gasteiger partial charge in [0.05, 0.1) is 10.9 Å². The van der Waals surface area contributed by atoms with Gasteiger partial charge in [-0.3, -0.25) is 5.10 Å². The van der Waals surface area contributed by atoms with Crippen LogP contribution in [0.3, 0.4) is 0 Å². The third-order valence-corrected chi connectivity index (χ3v) is 1.77. The summed E-state index contributed by atoms with van der Waals surface area (Å²) >= 11 is 0. The highest BCUT2D eigenvalue weighted by atomic mass is 15.3. The summed E-state index contributed by atoms with van der Waals surface area (Å²) in [5.41, 5.74) is 5.48. The quantitative estimate of drug-likeness (QED) is 0.496. The van der Waals surface area contributed by atoms with Crippen molar-refractivity contribution in [3.05, 3.63) is 22.9 Å². The first-order valence-electron chi connectivity index (χ1n) is 3.76. The molecular weight excluding hydrogens is 152 g/mol. The molecule has 0 aliphatic heterocycles. The summed E-state index contributed by atoms with van der Waals surface area (Å²) in [7, 11) is 0. The van der Waals surface area contributed by atoms with Gasteiger partial charge in [0, 0.05) is 0 Å². The molecule has 0 fully saturated rings. The van der Waals surface area contributed by atoms with Crippen LogP contribution in [0.15, 0.2) is 12.2 Å².